The molecule has 0 aliphatic carbocycles. The highest BCUT2D eigenvalue weighted by molar-refractivity contribution is 9.10. The number of rotatable bonds is 5. The Morgan fingerprint density at radius 3 is 2.71 bits per heavy atom. The van der Waals surface area contributed by atoms with Gasteiger partial charge in [-0.2, -0.15) is 0 Å². The predicted molar refractivity (Wildman–Crippen MR) is 70.9 cm³/mol. The molecule has 96 valence electrons. The molecule has 2 N–H and O–H groups in total. The maximum Gasteiger partial charge on any atom is 0.267 e. The van der Waals surface area contributed by atoms with Gasteiger partial charge >= 0.3 is 0 Å². The predicted octanol–water partition coefficient (Wildman–Crippen LogP) is 1.93. The smallest absolute Gasteiger partial charge is 0.267 e. The molecule has 0 saturated heterocycles. The molecule has 0 radical (unpaired) electrons. The van der Waals surface area contributed by atoms with Crippen molar-refractivity contribution >= 4 is 21.8 Å². The van der Waals surface area contributed by atoms with Gasteiger partial charge in [0.15, 0.2) is 0 Å². The molecule has 4 nitrogen and oxygen atoms in total. The Balaban J connectivity index is 2.59. The number of halogens is 1. The number of aliphatic hydroxyl groups is 1. The minimum Gasteiger partial charge on any atom is -0.396 e. The van der Waals surface area contributed by atoms with Crippen LogP contribution in [0.4, 0.5) is 0 Å². The van der Waals surface area contributed by atoms with Crippen molar-refractivity contribution < 1.29 is 9.90 Å². The van der Waals surface area contributed by atoms with Gasteiger partial charge in [-0.25, -0.2) is 0 Å². The Morgan fingerprint density at radius 2 is 2.24 bits per heavy atom. The molecule has 0 atom stereocenters. The molecule has 17 heavy (non-hydrogen) atoms. The van der Waals surface area contributed by atoms with Gasteiger partial charge in [0.05, 0.1) is 0 Å². The topological polar surface area (TPSA) is 54.3 Å². The van der Waals surface area contributed by atoms with Crippen molar-refractivity contribution in [1.82, 2.24) is 9.88 Å². The standard InChI is InChI=1S/C12H19BrN2O2/c1-12(2,4-5-16)8-14-11(17)10-6-9(13)7-15(10)3/h6-7,16H,4-5,8H2,1-3H3,(H,14,17). The van der Waals surface area contributed by atoms with Crippen LogP contribution in [0, 0.1) is 5.41 Å². The van der Waals surface area contributed by atoms with Crippen molar-refractivity contribution in [2.24, 2.45) is 12.5 Å². The Hall–Kier alpha value is -0.810. The van der Waals surface area contributed by atoms with Gasteiger partial charge in [0.2, 0.25) is 0 Å². The first-order valence-corrected chi connectivity index (χ1v) is 6.36. The summed E-state index contributed by atoms with van der Waals surface area (Å²) in [6.45, 7) is 4.72. The molecule has 1 amide bonds. The van der Waals surface area contributed by atoms with Crippen LogP contribution < -0.4 is 5.32 Å². The van der Waals surface area contributed by atoms with Crippen LogP contribution in [0.15, 0.2) is 16.7 Å². The van der Waals surface area contributed by atoms with Crippen molar-refractivity contribution in [3.63, 3.8) is 0 Å². The Labute approximate surface area is 110 Å². The van der Waals surface area contributed by atoms with E-state index in [0.29, 0.717) is 18.7 Å². The van der Waals surface area contributed by atoms with Gasteiger partial charge in [-0.3, -0.25) is 4.79 Å². The van der Waals surface area contributed by atoms with Gasteiger partial charge in [0, 0.05) is 30.9 Å². The molecule has 0 unspecified atom stereocenters. The molecule has 0 aliphatic rings. The van der Waals surface area contributed by atoms with E-state index in [1.54, 1.807) is 10.6 Å². The average Bonchev–Trinajstić information content (AvgIpc) is 2.54. The van der Waals surface area contributed by atoms with Crippen molar-refractivity contribution in [1.29, 1.82) is 0 Å². The number of hydrogen-bond donors (Lipinski definition) is 2. The SMILES string of the molecule is Cn1cc(Br)cc1C(=O)NCC(C)(C)CCO. The summed E-state index contributed by atoms with van der Waals surface area (Å²) in [5.41, 5.74) is 0.531. The zero-order chi connectivity index (χ0) is 13.1. The minimum atomic E-state index is -0.0933. The second-order valence-electron chi connectivity index (χ2n) is 4.97. The van der Waals surface area contributed by atoms with Crippen molar-refractivity contribution in [2.45, 2.75) is 20.3 Å². The highest BCUT2D eigenvalue weighted by Gasteiger charge is 2.19. The number of carbonyl (C=O) groups is 1. The Bertz CT molecular complexity index is 399. The molecular weight excluding hydrogens is 284 g/mol. The van der Waals surface area contributed by atoms with Crippen LogP contribution in [0.5, 0.6) is 0 Å². The summed E-state index contributed by atoms with van der Waals surface area (Å²) in [4.78, 5) is 11.9. The quantitative estimate of drug-likeness (QED) is 0.873. The first-order chi connectivity index (χ1) is 7.85. The number of aliphatic hydroxyl groups excluding tert-OH is 1. The number of aromatic nitrogens is 1. The number of aryl methyl sites for hydroxylation is 1. The lowest BCUT2D eigenvalue weighted by atomic mass is 9.90. The van der Waals surface area contributed by atoms with Gasteiger partial charge < -0.3 is 15.0 Å². The van der Waals surface area contributed by atoms with E-state index in [1.165, 1.54) is 0 Å². The van der Waals surface area contributed by atoms with Crippen LogP contribution in [0.3, 0.4) is 0 Å². The maximum atomic E-state index is 11.9. The monoisotopic (exact) mass is 302 g/mol. The first-order valence-electron chi connectivity index (χ1n) is 5.57. The van der Waals surface area contributed by atoms with E-state index in [1.807, 2.05) is 27.1 Å². The second kappa shape index (κ2) is 5.69. The van der Waals surface area contributed by atoms with E-state index in [4.69, 9.17) is 5.11 Å². The van der Waals surface area contributed by atoms with E-state index < -0.39 is 0 Å². The largest absolute Gasteiger partial charge is 0.396 e. The number of hydrogen-bond acceptors (Lipinski definition) is 2. The summed E-state index contributed by atoms with van der Waals surface area (Å²) in [6.07, 6.45) is 2.51. The molecule has 0 aromatic carbocycles. The van der Waals surface area contributed by atoms with Gasteiger partial charge in [-0.05, 0) is 33.8 Å². The average molecular weight is 303 g/mol. The minimum absolute atomic E-state index is 0.0905. The summed E-state index contributed by atoms with van der Waals surface area (Å²) in [7, 11) is 1.83. The molecule has 0 bridgehead atoms. The zero-order valence-electron chi connectivity index (χ0n) is 10.5. The van der Waals surface area contributed by atoms with Crippen LogP contribution in [-0.2, 0) is 7.05 Å². The van der Waals surface area contributed by atoms with E-state index in [2.05, 4.69) is 21.2 Å². The van der Waals surface area contributed by atoms with E-state index in [-0.39, 0.29) is 17.9 Å². The highest BCUT2D eigenvalue weighted by atomic mass is 79.9. The van der Waals surface area contributed by atoms with Gasteiger partial charge in [-0.1, -0.05) is 13.8 Å². The fourth-order valence-corrected chi connectivity index (χ4v) is 2.08. The lowest BCUT2D eigenvalue weighted by molar-refractivity contribution is 0.0920. The van der Waals surface area contributed by atoms with Crippen LogP contribution in [0.25, 0.3) is 0 Å². The van der Waals surface area contributed by atoms with Crippen molar-refractivity contribution in [3.8, 4) is 0 Å². The number of carbonyl (C=O) groups excluding carboxylic acids is 1. The first kappa shape index (κ1) is 14.3. The van der Waals surface area contributed by atoms with Crippen molar-refractivity contribution in [3.05, 3.63) is 22.4 Å². The summed E-state index contributed by atoms with van der Waals surface area (Å²) in [6, 6.07) is 1.79. The van der Waals surface area contributed by atoms with Crippen molar-refractivity contribution in [2.75, 3.05) is 13.2 Å². The third-order valence-corrected chi connectivity index (χ3v) is 3.15. The third-order valence-electron chi connectivity index (χ3n) is 2.72. The van der Waals surface area contributed by atoms with Crippen LogP contribution in [0.1, 0.15) is 30.8 Å². The molecule has 1 aromatic rings. The molecule has 5 heteroatoms. The number of nitrogens with zero attached hydrogens (tertiary/aromatic N) is 1. The van der Waals surface area contributed by atoms with Crippen LogP contribution in [-0.4, -0.2) is 28.7 Å². The van der Waals surface area contributed by atoms with E-state index in [0.717, 1.165) is 4.47 Å². The molecule has 0 aliphatic heterocycles. The second-order valence-corrected chi connectivity index (χ2v) is 5.89. The molecule has 0 fully saturated rings. The summed E-state index contributed by atoms with van der Waals surface area (Å²) in [5, 5.41) is 11.8. The number of nitrogens with one attached hydrogen (secondary N) is 1. The molecule has 1 rings (SSSR count). The molecule has 0 spiro atoms. The lowest BCUT2D eigenvalue weighted by Gasteiger charge is -2.23. The Morgan fingerprint density at radius 1 is 1.59 bits per heavy atom. The van der Waals surface area contributed by atoms with Gasteiger partial charge in [-0.15, -0.1) is 0 Å². The van der Waals surface area contributed by atoms with Gasteiger partial charge in [0.25, 0.3) is 5.91 Å². The maximum absolute atomic E-state index is 11.9. The highest BCUT2D eigenvalue weighted by Crippen LogP contribution is 2.19. The van der Waals surface area contributed by atoms with E-state index >= 15 is 0 Å². The molecule has 1 aromatic heterocycles. The fraction of sp³-hybridized carbons (Fsp3) is 0.583. The normalized spacial score (nSPS) is 11.6. The van der Waals surface area contributed by atoms with E-state index in [9.17, 15) is 4.79 Å². The third kappa shape index (κ3) is 4.16. The zero-order valence-corrected chi connectivity index (χ0v) is 12.0. The van der Waals surface area contributed by atoms with Crippen LogP contribution >= 0.6 is 15.9 Å². The Kier molecular flexibility index (Phi) is 4.77. The summed E-state index contributed by atoms with van der Waals surface area (Å²) in [5.74, 6) is -0.0933. The van der Waals surface area contributed by atoms with Gasteiger partial charge in [0.1, 0.15) is 5.69 Å². The summed E-state index contributed by atoms with van der Waals surface area (Å²) < 4.78 is 2.66. The molecule has 1 heterocycles. The fourth-order valence-electron chi connectivity index (χ4n) is 1.55. The number of amides is 1. The lowest BCUT2D eigenvalue weighted by Crippen LogP contribution is -2.35. The molecule has 0 saturated carbocycles. The van der Waals surface area contributed by atoms with Crippen LogP contribution in [0.2, 0.25) is 0 Å². The summed E-state index contributed by atoms with van der Waals surface area (Å²) >= 11 is 3.33. The molecular formula is C12H19BrN2O2.